The van der Waals surface area contributed by atoms with Crippen molar-refractivity contribution >= 4 is 0 Å². The summed E-state index contributed by atoms with van der Waals surface area (Å²) in [4.78, 5) is 4.49. The van der Waals surface area contributed by atoms with Gasteiger partial charge in [0, 0.05) is 18.9 Å². The number of aromatic nitrogens is 1. The number of rotatable bonds is 3. The highest BCUT2D eigenvalue weighted by Crippen LogP contribution is 2.47. The van der Waals surface area contributed by atoms with Crippen LogP contribution in [0.25, 0.3) is 0 Å². The van der Waals surface area contributed by atoms with E-state index in [-0.39, 0.29) is 11.7 Å². The van der Waals surface area contributed by atoms with E-state index in [0.29, 0.717) is 12.5 Å². The van der Waals surface area contributed by atoms with E-state index >= 15 is 0 Å². The van der Waals surface area contributed by atoms with Crippen LogP contribution in [0.4, 0.5) is 0 Å². The average molecular weight is 235 g/mol. The van der Waals surface area contributed by atoms with Crippen molar-refractivity contribution in [2.24, 2.45) is 5.92 Å². The van der Waals surface area contributed by atoms with Crippen LogP contribution in [0.5, 0.6) is 0 Å². The maximum Gasteiger partial charge on any atom is 0.124 e. The molecule has 1 aliphatic rings. The lowest BCUT2D eigenvalue weighted by atomic mass is 9.83. The van der Waals surface area contributed by atoms with Crippen LogP contribution in [0.1, 0.15) is 43.7 Å². The van der Waals surface area contributed by atoms with Crippen molar-refractivity contribution in [3.05, 3.63) is 29.1 Å². The smallest absolute Gasteiger partial charge is 0.124 e. The molecule has 2 heterocycles. The van der Waals surface area contributed by atoms with Crippen molar-refractivity contribution in [1.82, 2.24) is 4.98 Å². The quantitative estimate of drug-likeness (QED) is 0.807. The third-order valence-corrected chi connectivity index (χ3v) is 3.80. The third kappa shape index (κ3) is 1.87. The van der Waals surface area contributed by atoms with Crippen LogP contribution in [-0.2, 0) is 15.1 Å². The Morgan fingerprint density at radius 1 is 1.53 bits per heavy atom. The number of methoxy groups -OCH3 is 1. The first-order chi connectivity index (χ1) is 8.00. The molecular weight excluding hydrogens is 214 g/mol. The monoisotopic (exact) mass is 235 g/mol. The Hall–Kier alpha value is -0.930. The number of nitrogens with zero attached hydrogens (tertiary/aromatic N) is 1. The summed E-state index contributed by atoms with van der Waals surface area (Å²) in [7, 11) is 1.70. The molecule has 2 atom stereocenters. The molecule has 0 aliphatic carbocycles. The molecule has 1 aromatic heterocycles. The third-order valence-electron chi connectivity index (χ3n) is 3.80. The van der Waals surface area contributed by atoms with Gasteiger partial charge >= 0.3 is 0 Å². The van der Waals surface area contributed by atoms with Crippen LogP contribution in [0.2, 0.25) is 0 Å². The van der Waals surface area contributed by atoms with E-state index in [0.717, 1.165) is 5.69 Å². The number of aryl methyl sites for hydroxylation is 1. The van der Waals surface area contributed by atoms with Gasteiger partial charge in [0.2, 0.25) is 0 Å². The van der Waals surface area contributed by atoms with E-state index in [9.17, 15) is 0 Å². The van der Waals surface area contributed by atoms with Crippen molar-refractivity contribution in [3.8, 4) is 0 Å². The fraction of sp³-hybridized carbons (Fsp3) is 0.643. The second-order valence-electron chi connectivity index (χ2n) is 5.21. The maximum absolute atomic E-state index is 6.21. The fourth-order valence-electron chi connectivity index (χ4n) is 2.57. The summed E-state index contributed by atoms with van der Waals surface area (Å²) in [6, 6.07) is 2.05. The second-order valence-corrected chi connectivity index (χ2v) is 5.21. The highest BCUT2D eigenvalue weighted by molar-refractivity contribution is 5.39. The van der Waals surface area contributed by atoms with Crippen molar-refractivity contribution in [2.75, 3.05) is 13.7 Å². The van der Waals surface area contributed by atoms with E-state index in [2.05, 4.69) is 38.7 Å². The topological polar surface area (TPSA) is 31.4 Å². The molecule has 0 saturated heterocycles. The van der Waals surface area contributed by atoms with Crippen molar-refractivity contribution < 1.29 is 9.47 Å². The Morgan fingerprint density at radius 2 is 2.24 bits per heavy atom. The lowest BCUT2D eigenvalue weighted by molar-refractivity contribution is -0.113. The minimum absolute atomic E-state index is 0.0395. The molecule has 0 radical (unpaired) electrons. The average Bonchev–Trinajstić information content (AvgIpc) is 2.56. The predicted molar refractivity (Wildman–Crippen MR) is 66.9 cm³/mol. The van der Waals surface area contributed by atoms with Gasteiger partial charge in [-0.2, -0.15) is 0 Å². The van der Waals surface area contributed by atoms with Gasteiger partial charge in [-0.15, -0.1) is 0 Å². The second kappa shape index (κ2) is 4.39. The molecule has 2 rings (SSSR count). The van der Waals surface area contributed by atoms with Gasteiger partial charge in [0.25, 0.3) is 0 Å². The van der Waals surface area contributed by atoms with Gasteiger partial charge in [0.15, 0.2) is 0 Å². The highest BCUT2D eigenvalue weighted by atomic mass is 16.5. The molecule has 0 N–H and O–H groups in total. The van der Waals surface area contributed by atoms with Gasteiger partial charge < -0.3 is 9.47 Å². The summed E-state index contributed by atoms with van der Waals surface area (Å²) in [5.41, 5.74) is 3.29. The van der Waals surface area contributed by atoms with Gasteiger partial charge in [0.05, 0.1) is 17.9 Å². The van der Waals surface area contributed by atoms with Crippen LogP contribution in [-0.4, -0.2) is 18.7 Å². The Balaban J connectivity index is 2.52. The van der Waals surface area contributed by atoms with E-state index in [4.69, 9.17) is 9.47 Å². The SMILES string of the molecule is COCC1OC(C)(C(C)C)c2c(C)ccnc21. The lowest BCUT2D eigenvalue weighted by Gasteiger charge is -2.31. The highest BCUT2D eigenvalue weighted by Gasteiger charge is 2.45. The van der Waals surface area contributed by atoms with Crippen molar-refractivity contribution in [1.29, 1.82) is 0 Å². The number of fused-ring (bicyclic) bond motifs is 1. The van der Waals surface area contributed by atoms with Crippen LogP contribution < -0.4 is 0 Å². The minimum Gasteiger partial charge on any atom is -0.382 e. The molecule has 1 aliphatic heterocycles. The zero-order valence-corrected chi connectivity index (χ0v) is 11.3. The molecule has 2 unspecified atom stereocenters. The first-order valence-corrected chi connectivity index (χ1v) is 6.13. The fourth-order valence-corrected chi connectivity index (χ4v) is 2.57. The molecule has 3 heteroatoms. The molecule has 17 heavy (non-hydrogen) atoms. The van der Waals surface area contributed by atoms with Crippen LogP contribution >= 0.6 is 0 Å². The minimum atomic E-state index is -0.253. The zero-order chi connectivity index (χ0) is 12.6. The molecule has 0 amide bonds. The van der Waals surface area contributed by atoms with E-state index in [1.807, 2.05) is 6.20 Å². The molecule has 0 bridgehead atoms. The predicted octanol–water partition coefficient (Wildman–Crippen LogP) is 2.98. The van der Waals surface area contributed by atoms with Gasteiger partial charge in [-0.1, -0.05) is 13.8 Å². The van der Waals surface area contributed by atoms with Crippen molar-refractivity contribution in [2.45, 2.75) is 39.4 Å². The molecule has 0 fully saturated rings. The zero-order valence-electron chi connectivity index (χ0n) is 11.3. The first-order valence-electron chi connectivity index (χ1n) is 6.13. The maximum atomic E-state index is 6.21. The van der Waals surface area contributed by atoms with E-state index in [1.165, 1.54) is 11.1 Å². The summed E-state index contributed by atoms with van der Waals surface area (Å²) >= 11 is 0. The number of hydrogen-bond acceptors (Lipinski definition) is 3. The number of ether oxygens (including phenoxy) is 2. The Morgan fingerprint density at radius 3 is 2.82 bits per heavy atom. The standard InChI is InChI=1S/C14H21NO2/c1-9(2)14(4)12-10(3)6-7-15-13(12)11(17-14)8-16-5/h6-7,9,11H,8H2,1-5H3. The van der Waals surface area contributed by atoms with Crippen LogP contribution in [0, 0.1) is 12.8 Å². The molecule has 0 spiro atoms. The molecule has 94 valence electrons. The molecule has 0 aromatic carbocycles. The first kappa shape index (κ1) is 12.5. The van der Waals surface area contributed by atoms with E-state index < -0.39 is 0 Å². The van der Waals surface area contributed by atoms with Gasteiger partial charge in [-0.3, -0.25) is 4.98 Å². The normalized spacial score (nSPS) is 27.5. The largest absolute Gasteiger partial charge is 0.382 e. The summed E-state index contributed by atoms with van der Waals surface area (Å²) in [6.07, 6.45) is 1.81. The van der Waals surface area contributed by atoms with Gasteiger partial charge in [-0.05, 0) is 31.4 Å². The summed E-state index contributed by atoms with van der Waals surface area (Å²) in [6.45, 7) is 9.21. The Labute approximate surface area is 103 Å². The number of pyridine rings is 1. The molecule has 0 saturated carbocycles. The summed E-state index contributed by atoms with van der Waals surface area (Å²) in [5.74, 6) is 0.408. The van der Waals surface area contributed by atoms with Crippen LogP contribution in [0.3, 0.4) is 0 Å². The van der Waals surface area contributed by atoms with Gasteiger partial charge in [-0.25, -0.2) is 0 Å². The summed E-state index contributed by atoms with van der Waals surface area (Å²) in [5, 5.41) is 0. The molecule has 3 nitrogen and oxygen atoms in total. The van der Waals surface area contributed by atoms with Gasteiger partial charge in [0.1, 0.15) is 6.10 Å². The Bertz CT molecular complexity index is 417. The molecule has 1 aromatic rings. The number of hydrogen-bond donors (Lipinski definition) is 0. The van der Waals surface area contributed by atoms with Crippen molar-refractivity contribution in [3.63, 3.8) is 0 Å². The molecular formula is C14H21NO2. The van der Waals surface area contributed by atoms with Crippen LogP contribution in [0.15, 0.2) is 12.3 Å². The lowest BCUT2D eigenvalue weighted by Crippen LogP contribution is -2.29. The summed E-state index contributed by atoms with van der Waals surface area (Å²) < 4.78 is 11.4. The Kier molecular flexibility index (Phi) is 3.23. The van der Waals surface area contributed by atoms with E-state index in [1.54, 1.807) is 7.11 Å².